The number of carboxylic acid groups (broad SMARTS) is 1. The summed E-state index contributed by atoms with van der Waals surface area (Å²) in [4.78, 5) is 23.5. The fourth-order valence-corrected chi connectivity index (χ4v) is 2.10. The van der Waals surface area contributed by atoms with Crippen molar-refractivity contribution >= 4 is 17.6 Å². The molecular formula is C18H16N2O4. The number of nitrogens with zero attached hydrogens (tertiary/aromatic N) is 1. The maximum atomic E-state index is 12.3. The van der Waals surface area contributed by atoms with Crippen molar-refractivity contribution in [1.82, 2.24) is 0 Å². The van der Waals surface area contributed by atoms with Gasteiger partial charge in [-0.05, 0) is 36.8 Å². The van der Waals surface area contributed by atoms with Gasteiger partial charge in [-0.3, -0.25) is 4.79 Å². The van der Waals surface area contributed by atoms with Crippen LogP contribution in [0.25, 0.3) is 0 Å². The summed E-state index contributed by atoms with van der Waals surface area (Å²) in [5.41, 5.74) is 0.654. The van der Waals surface area contributed by atoms with Crippen molar-refractivity contribution in [3.63, 3.8) is 0 Å². The van der Waals surface area contributed by atoms with Crippen LogP contribution in [0.5, 0.6) is 5.75 Å². The lowest BCUT2D eigenvalue weighted by Gasteiger charge is -2.10. The Balaban J connectivity index is 2.24. The molecule has 0 aliphatic rings. The van der Waals surface area contributed by atoms with Gasteiger partial charge in [0.2, 0.25) is 0 Å². The number of ether oxygens (including phenoxy) is 1. The third kappa shape index (κ3) is 3.90. The van der Waals surface area contributed by atoms with Gasteiger partial charge in [-0.25, -0.2) is 4.79 Å². The van der Waals surface area contributed by atoms with Crippen molar-refractivity contribution in [2.24, 2.45) is 0 Å². The van der Waals surface area contributed by atoms with Gasteiger partial charge < -0.3 is 15.2 Å². The SMILES string of the molecule is CCCOc1ccc(NC(=O)c2ccccc2C(=O)O)cc1C#N. The van der Waals surface area contributed by atoms with Crippen LogP contribution in [-0.2, 0) is 0 Å². The molecule has 0 spiro atoms. The van der Waals surface area contributed by atoms with E-state index in [4.69, 9.17) is 9.84 Å². The minimum Gasteiger partial charge on any atom is -0.492 e. The van der Waals surface area contributed by atoms with Crippen LogP contribution in [0.1, 0.15) is 39.6 Å². The average Bonchev–Trinajstić information content (AvgIpc) is 2.60. The van der Waals surface area contributed by atoms with E-state index in [-0.39, 0.29) is 11.1 Å². The summed E-state index contributed by atoms with van der Waals surface area (Å²) in [7, 11) is 0. The van der Waals surface area contributed by atoms with E-state index in [0.29, 0.717) is 23.6 Å². The maximum Gasteiger partial charge on any atom is 0.336 e. The Morgan fingerprint density at radius 3 is 2.54 bits per heavy atom. The first-order valence-electron chi connectivity index (χ1n) is 7.37. The number of hydrogen-bond donors (Lipinski definition) is 2. The molecule has 0 aliphatic carbocycles. The van der Waals surface area contributed by atoms with Crippen molar-refractivity contribution in [3.8, 4) is 11.8 Å². The molecular weight excluding hydrogens is 308 g/mol. The minimum absolute atomic E-state index is 0.0508. The molecule has 0 fully saturated rings. The molecule has 2 aromatic carbocycles. The van der Waals surface area contributed by atoms with Crippen molar-refractivity contribution in [3.05, 3.63) is 59.2 Å². The van der Waals surface area contributed by atoms with Crippen LogP contribution in [0.4, 0.5) is 5.69 Å². The lowest BCUT2D eigenvalue weighted by molar-refractivity contribution is 0.0692. The largest absolute Gasteiger partial charge is 0.492 e. The number of carbonyl (C=O) groups excluding carboxylic acids is 1. The van der Waals surface area contributed by atoms with Gasteiger partial charge in [0.05, 0.1) is 23.3 Å². The molecule has 0 saturated heterocycles. The van der Waals surface area contributed by atoms with Crippen molar-refractivity contribution in [2.75, 3.05) is 11.9 Å². The summed E-state index contributed by atoms with van der Waals surface area (Å²) in [6.07, 6.45) is 0.815. The molecule has 0 heterocycles. The van der Waals surface area contributed by atoms with Crippen LogP contribution in [0.3, 0.4) is 0 Å². The summed E-state index contributed by atoms with van der Waals surface area (Å²) in [5, 5.41) is 20.9. The van der Waals surface area contributed by atoms with Crippen LogP contribution in [0.2, 0.25) is 0 Å². The third-order valence-electron chi connectivity index (χ3n) is 3.22. The van der Waals surface area contributed by atoms with Gasteiger partial charge in [0.25, 0.3) is 5.91 Å². The lowest BCUT2D eigenvalue weighted by Crippen LogP contribution is -2.16. The van der Waals surface area contributed by atoms with E-state index in [1.54, 1.807) is 24.3 Å². The Morgan fingerprint density at radius 1 is 1.21 bits per heavy atom. The minimum atomic E-state index is -1.18. The van der Waals surface area contributed by atoms with Gasteiger partial charge in [-0.15, -0.1) is 0 Å². The zero-order chi connectivity index (χ0) is 17.5. The summed E-state index contributed by atoms with van der Waals surface area (Å²) < 4.78 is 5.46. The first-order chi connectivity index (χ1) is 11.6. The standard InChI is InChI=1S/C18H16N2O4/c1-2-9-24-16-8-7-13(10-12(16)11-19)20-17(21)14-5-3-4-6-15(14)18(22)23/h3-8,10H,2,9H2,1H3,(H,20,21)(H,22,23). The number of carboxylic acids is 1. The summed E-state index contributed by atoms with van der Waals surface area (Å²) in [6.45, 7) is 2.45. The molecule has 2 rings (SSSR count). The summed E-state index contributed by atoms with van der Waals surface area (Å²) in [5.74, 6) is -1.29. The predicted octanol–water partition coefficient (Wildman–Crippen LogP) is 3.30. The molecule has 6 heteroatoms. The molecule has 0 bridgehead atoms. The first-order valence-corrected chi connectivity index (χ1v) is 7.37. The van der Waals surface area contributed by atoms with Gasteiger partial charge >= 0.3 is 5.97 Å². The molecule has 0 unspecified atom stereocenters. The molecule has 2 aromatic rings. The molecule has 0 aromatic heterocycles. The van der Waals surface area contributed by atoms with Gasteiger partial charge in [0, 0.05) is 5.69 Å². The monoisotopic (exact) mass is 324 g/mol. The molecule has 0 radical (unpaired) electrons. The van der Waals surface area contributed by atoms with E-state index in [2.05, 4.69) is 5.32 Å². The molecule has 1 amide bonds. The zero-order valence-electron chi connectivity index (χ0n) is 13.1. The van der Waals surface area contributed by atoms with Crippen molar-refractivity contribution < 1.29 is 19.4 Å². The van der Waals surface area contributed by atoms with Crippen LogP contribution in [-0.4, -0.2) is 23.6 Å². The summed E-state index contributed by atoms with van der Waals surface area (Å²) >= 11 is 0. The highest BCUT2D eigenvalue weighted by molar-refractivity contribution is 6.10. The average molecular weight is 324 g/mol. The quantitative estimate of drug-likeness (QED) is 0.849. The van der Waals surface area contributed by atoms with Crippen LogP contribution < -0.4 is 10.1 Å². The first kappa shape index (κ1) is 17.0. The maximum absolute atomic E-state index is 12.3. The Kier molecular flexibility index (Phi) is 5.53. The number of amides is 1. The fourth-order valence-electron chi connectivity index (χ4n) is 2.10. The van der Waals surface area contributed by atoms with Gasteiger partial charge in [0.1, 0.15) is 11.8 Å². The molecule has 0 saturated carbocycles. The molecule has 24 heavy (non-hydrogen) atoms. The number of carbonyl (C=O) groups is 2. The van der Waals surface area contributed by atoms with Crippen molar-refractivity contribution in [2.45, 2.75) is 13.3 Å². The third-order valence-corrected chi connectivity index (χ3v) is 3.22. The highest BCUT2D eigenvalue weighted by Crippen LogP contribution is 2.23. The van der Waals surface area contributed by atoms with Gasteiger partial charge in [0.15, 0.2) is 0 Å². The number of hydrogen-bond acceptors (Lipinski definition) is 4. The smallest absolute Gasteiger partial charge is 0.336 e. The Labute approximate surface area is 139 Å². The van der Waals surface area contributed by atoms with E-state index in [0.717, 1.165) is 6.42 Å². The number of nitriles is 1. The van der Waals surface area contributed by atoms with E-state index >= 15 is 0 Å². The van der Waals surface area contributed by atoms with Gasteiger partial charge in [-0.1, -0.05) is 19.1 Å². The van der Waals surface area contributed by atoms with Crippen molar-refractivity contribution in [1.29, 1.82) is 5.26 Å². The Bertz CT molecular complexity index is 809. The predicted molar refractivity (Wildman–Crippen MR) is 88.3 cm³/mol. The second-order valence-corrected chi connectivity index (χ2v) is 4.98. The fraction of sp³-hybridized carbons (Fsp3) is 0.167. The van der Waals surface area contributed by atoms with Crippen LogP contribution >= 0.6 is 0 Å². The lowest BCUT2D eigenvalue weighted by atomic mass is 10.1. The Morgan fingerprint density at radius 2 is 1.92 bits per heavy atom. The highest BCUT2D eigenvalue weighted by atomic mass is 16.5. The second kappa shape index (κ2) is 7.79. The van der Waals surface area contributed by atoms with E-state index < -0.39 is 11.9 Å². The molecule has 2 N–H and O–H groups in total. The Hall–Kier alpha value is -3.33. The van der Waals surface area contributed by atoms with E-state index in [1.807, 2.05) is 13.0 Å². The van der Waals surface area contributed by atoms with E-state index in [9.17, 15) is 14.9 Å². The number of aromatic carboxylic acids is 1. The molecule has 6 nitrogen and oxygen atoms in total. The topological polar surface area (TPSA) is 99.4 Å². The number of anilines is 1. The molecule has 0 atom stereocenters. The van der Waals surface area contributed by atoms with Crippen LogP contribution in [0, 0.1) is 11.3 Å². The zero-order valence-corrected chi connectivity index (χ0v) is 13.1. The number of rotatable bonds is 6. The molecule has 122 valence electrons. The van der Waals surface area contributed by atoms with Gasteiger partial charge in [-0.2, -0.15) is 5.26 Å². The van der Waals surface area contributed by atoms with E-state index in [1.165, 1.54) is 18.2 Å². The van der Waals surface area contributed by atoms with Crippen LogP contribution in [0.15, 0.2) is 42.5 Å². The summed E-state index contributed by atoms with van der Waals surface area (Å²) in [6, 6.07) is 12.6. The normalized spacial score (nSPS) is 9.83. The second-order valence-electron chi connectivity index (χ2n) is 4.98. The molecule has 0 aliphatic heterocycles. The number of benzene rings is 2. The number of nitrogens with one attached hydrogen (secondary N) is 1. The highest BCUT2D eigenvalue weighted by Gasteiger charge is 2.16.